The van der Waals surface area contributed by atoms with Gasteiger partial charge in [0, 0.05) is 5.56 Å². The molecule has 0 radical (unpaired) electrons. The van der Waals surface area contributed by atoms with Crippen molar-refractivity contribution >= 4 is 18.3 Å². The zero-order valence-corrected chi connectivity index (χ0v) is 8.15. The highest BCUT2D eigenvalue weighted by atomic mass is 32.1. The first-order chi connectivity index (χ1) is 6.72. The van der Waals surface area contributed by atoms with Crippen LogP contribution in [-0.4, -0.2) is 31.2 Å². The summed E-state index contributed by atoms with van der Waals surface area (Å²) in [6.45, 7) is 0.508. The standard InChI is InChI=1S/C7H9N5OS/c8-2-1-4-3-9-12-5(4)10-6(14)11-7(12)13/h3H,1-2,8H2,(H2,10,11,13,14). The Hall–Kier alpha value is -1.34. The van der Waals surface area contributed by atoms with Gasteiger partial charge in [-0.15, -0.1) is 12.6 Å². The average molecular weight is 211 g/mol. The van der Waals surface area contributed by atoms with E-state index in [1.807, 2.05) is 0 Å². The lowest BCUT2D eigenvalue weighted by Crippen LogP contribution is -2.03. The van der Waals surface area contributed by atoms with E-state index in [9.17, 15) is 5.11 Å². The number of hydrogen-bond acceptors (Lipinski definition) is 6. The molecule has 2 aromatic rings. The van der Waals surface area contributed by atoms with Crippen LogP contribution in [0.3, 0.4) is 0 Å². The van der Waals surface area contributed by atoms with Crippen molar-refractivity contribution in [3.63, 3.8) is 0 Å². The Morgan fingerprint density at radius 2 is 2.29 bits per heavy atom. The predicted octanol–water partition coefficient (Wildman–Crippen LogP) is -0.380. The van der Waals surface area contributed by atoms with Crippen molar-refractivity contribution in [3.8, 4) is 6.01 Å². The van der Waals surface area contributed by atoms with Crippen molar-refractivity contribution in [3.05, 3.63) is 11.8 Å². The van der Waals surface area contributed by atoms with E-state index in [2.05, 4.69) is 27.7 Å². The van der Waals surface area contributed by atoms with Gasteiger partial charge in [-0.3, -0.25) is 0 Å². The highest BCUT2D eigenvalue weighted by Crippen LogP contribution is 2.14. The van der Waals surface area contributed by atoms with E-state index in [0.717, 1.165) is 5.56 Å². The van der Waals surface area contributed by atoms with Crippen molar-refractivity contribution in [2.45, 2.75) is 11.6 Å². The fourth-order valence-corrected chi connectivity index (χ4v) is 1.41. The molecule has 3 N–H and O–H groups in total. The fraction of sp³-hybridized carbons (Fsp3) is 0.286. The van der Waals surface area contributed by atoms with Crippen LogP contribution in [0.1, 0.15) is 5.56 Å². The molecule has 2 heterocycles. The van der Waals surface area contributed by atoms with Crippen LogP contribution >= 0.6 is 12.6 Å². The van der Waals surface area contributed by atoms with Crippen molar-refractivity contribution in [1.29, 1.82) is 0 Å². The van der Waals surface area contributed by atoms with Gasteiger partial charge >= 0.3 is 6.01 Å². The molecule has 0 saturated carbocycles. The molecule has 14 heavy (non-hydrogen) atoms. The van der Waals surface area contributed by atoms with Crippen LogP contribution in [-0.2, 0) is 6.42 Å². The number of hydrogen-bond donors (Lipinski definition) is 3. The zero-order chi connectivity index (χ0) is 10.1. The lowest BCUT2D eigenvalue weighted by Gasteiger charge is -1.98. The van der Waals surface area contributed by atoms with E-state index in [0.29, 0.717) is 18.6 Å². The topological polar surface area (TPSA) is 89.3 Å². The Morgan fingerprint density at radius 3 is 3.00 bits per heavy atom. The van der Waals surface area contributed by atoms with Crippen molar-refractivity contribution < 1.29 is 5.11 Å². The monoisotopic (exact) mass is 211 g/mol. The van der Waals surface area contributed by atoms with Gasteiger partial charge in [0.1, 0.15) is 0 Å². The Labute approximate surface area is 85.2 Å². The molecular weight excluding hydrogens is 202 g/mol. The molecule has 0 unspecified atom stereocenters. The molecule has 7 heteroatoms. The lowest BCUT2D eigenvalue weighted by molar-refractivity contribution is 0.404. The quantitative estimate of drug-likeness (QED) is 0.589. The molecule has 0 amide bonds. The molecule has 0 spiro atoms. The predicted molar refractivity (Wildman–Crippen MR) is 52.5 cm³/mol. The molecule has 2 rings (SSSR count). The summed E-state index contributed by atoms with van der Waals surface area (Å²) in [6, 6.07) is -0.219. The summed E-state index contributed by atoms with van der Waals surface area (Å²) in [5.41, 5.74) is 6.85. The molecule has 0 atom stereocenters. The fourth-order valence-electron chi connectivity index (χ4n) is 1.23. The van der Waals surface area contributed by atoms with E-state index in [4.69, 9.17) is 5.73 Å². The number of rotatable bonds is 2. The minimum absolute atomic E-state index is 0.216. The van der Waals surface area contributed by atoms with Crippen LogP contribution in [0.5, 0.6) is 6.01 Å². The van der Waals surface area contributed by atoms with Crippen LogP contribution in [0.4, 0.5) is 0 Å². The smallest absolute Gasteiger partial charge is 0.319 e. The number of aromatic nitrogens is 4. The second-order valence-corrected chi connectivity index (χ2v) is 3.17. The van der Waals surface area contributed by atoms with Gasteiger partial charge in [-0.05, 0) is 13.0 Å². The maximum atomic E-state index is 9.40. The molecule has 6 nitrogen and oxygen atoms in total. The van der Waals surface area contributed by atoms with E-state index in [1.165, 1.54) is 4.52 Å². The third-order valence-electron chi connectivity index (χ3n) is 1.83. The minimum atomic E-state index is -0.219. The Morgan fingerprint density at radius 1 is 1.50 bits per heavy atom. The molecule has 2 aromatic heterocycles. The van der Waals surface area contributed by atoms with E-state index in [-0.39, 0.29) is 11.2 Å². The van der Waals surface area contributed by atoms with Gasteiger partial charge in [0.05, 0.1) is 6.20 Å². The lowest BCUT2D eigenvalue weighted by atomic mass is 10.2. The van der Waals surface area contributed by atoms with Gasteiger partial charge < -0.3 is 10.8 Å². The number of nitrogens with two attached hydrogens (primary N) is 1. The summed E-state index contributed by atoms with van der Waals surface area (Å²) in [6.07, 6.45) is 2.27. The summed E-state index contributed by atoms with van der Waals surface area (Å²) < 4.78 is 1.25. The summed E-state index contributed by atoms with van der Waals surface area (Å²) >= 11 is 3.97. The van der Waals surface area contributed by atoms with Gasteiger partial charge in [-0.1, -0.05) is 0 Å². The highest BCUT2D eigenvalue weighted by molar-refractivity contribution is 7.80. The normalized spacial score (nSPS) is 11.0. The average Bonchev–Trinajstić information content (AvgIpc) is 2.49. The second-order valence-electron chi connectivity index (χ2n) is 2.77. The Balaban J connectivity index is 2.66. The molecular formula is C7H9N5OS. The molecule has 74 valence electrons. The van der Waals surface area contributed by atoms with Crippen LogP contribution < -0.4 is 5.73 Å². The molecule has 0 aromatic carbocycles. The molecule has 0 aliphatic carbocycles. The first kappa shape index (κ1) is 9.22. The molecule has 0 bridgehead atoms. The molecule has 0 aliphatic rings. The second kappa shape index (κ2) is 3.43. The summed E-state index contributed by atoms with van der Waals surface area (Å²) in [5, 5.41) is 13.5. The number of aromatic hydroxyl groups is 1. The largest absolute Gasteiger partial charge is 0.479 e. The number of thiol groups is 1. The maximum Gasteiger partial charge on any atom is 0.319 e. The third-order valence-corrected chi connectivity index (χ3v) is 2.03. The molecule has 0 saturated heterocycles. The first-order valence-corrected chi connectivity index (χ1v) is 4.49. The van der Waals surface area contributed by atoms with Crippen molar-refractivity contribution in [2.24, 2.45) is 5.73 Å². The number of fused-ring (bicyclic) bond motifs is 1. The van der Waals surface area contributed by atoms with Crippen LogP contribution in [0.15, 0.2) is 11.4 Å². The summed E-state index contributed by atoms with van der Waals surface area (Å²) in [5.74, 6) is 0. The Bertz CT molecular complexity index is 468. The third kappa shape index (κ3) is 1.40. The van der Waals surface area contributed by atoms with Crippen LogP contribution in [0.2, 0.25) is 0 Å². The van der Waals surface area contributed by atoms with Crippen molar-refractivity contribution in [1.82, 2.24) is 19.6 Å². The van der Waals surface area contributed by atoms with Crippen LogP contribution in [0, 0.1) is 0 Å². The summed E-state index contributed by atoms with van der Waals surface area (Å²) in [7, 11) is 0. The maximum absolute atomic E-state index is 9.40. The zero-order valence-electron chi connectivity index (χ0n) is 7.25. The van der Waals surface area contributed by atoms with Gasteiger partial charge in [-0.25, -0.2) is 4.98 Å². The highest BCUT2D eigenvalue weighted by Gasteiger charge is 2.09. The van der Waals surface area contributed by atoms with Gasteiger partial charge in [0.25, 0.3) is 0 Å². The van der Waals surface area contributed by atoms with Gasteiger partial charge in [0.15, 0.2) is 10.8 Å². The number of nitrogens with zero attached hydrogens (tertiary/aromatic N) is 4. The van der Waals surface area contributed by atoms with E-state index in [1.54, 1.807) is 6.20 Å². The van der Waals surface area contributed by atoms with E-state index < -0.39 is 0 Å². The van der Waals surface area contributed by atoms with E-state index >= 15 is 0 Å². The first-order valence-electron chi connectivity index (χ1n) is 4.05. The van der Waals surface area contributed by atoms with Gasteiger partial charge in [-0.2, -0.15) is 14.6 Å². The molecule has 0 fully saturated rings. The minimum Gasteiger partial charge on any atom is -0.479 e. The van der Waals surface area contributed by atoms with Crippen LogP contribution in [0.25, 0.3) is 5.65 Å². The molecule has 0 aliphatic heterocycles. The SMILES string of the molecule is NCCc1cnn2c(O)nc(S)nc12. The Kier molecular flexibility index (Phi) is 2.26. The van der Waals surface area contributed by atoms with Crippen molar-refractivity contribution in [2.75, 3.05) is 6.54 Å². The summed E-state index contributed by atoms with van der Waals surface area (Å²) in [4.78, 5) is 7.71. The van der Waals surface area contributed by atoms with Gasteiger partial charge in [0.2, 0.25) is 0 Å².